The van der Waals surface area contributed by atoms with Crippen molar-refractivity contribution in [1.82, 2.24) is 19.7 Å². The summed E-state index contributed by atoms with van der Waals surface area (Å²) in [5, 5.41) is 4.21. The molecule has 2 N–H and O–H groups in total. The van der Waals surface area contributed by atoms with Gasteiger partial charge in [0.25, 0.3) is 0 Å². The summed E-state index contributed by atoms with van der Waals surface area (Å²) in [7, 11) is 0. The van der Waals surface area contributed by atoms with Gasteiger partial charge < -0.3 is 5.73 Å². The minimum atomic E-state index is 0.374. The van der Waals surface area contributed by atoms with Crippen molar-refractivity contribution < 1.29 is 0 Å². The zero-order valence-corrected chi connectivity index (χ0v) is 8.59. The van der Waals surface area contributed by atoms with E-state index in [9.17, 15) is 0 Å². The summed E-state index contributed by atoms with van der Waals surface area (Å²) in [6.45, 7) is 3.07. The Balaban J connectivity index is 2.14. The first-order valence-corrected chi connectivity index (χ1v) is 4.77. The van der Waals surface area contributed by atoms with Crippen molar-refractivity contribution in [2.75, 3.05) is 0 Å². The molecule has 0 aliphatic carbocycles. The molecule has 2 rings (SSSR count). The fraction of sp³-hybridized carbons (Fsp3) is 0.300. The second kappa shape index (κ2) is 4.18. The summed E-state index contributed by atoms with van der Waals surface area (Å²) in [4.78, 5) is 8.18. The highest BCUT2D eigenvalue weighted by molar-refractivity contribution is 5.16. The van der Waals surface area contributed by atoms with Gasteiger partial charge in [0.05, 0.1) is 13.1 Å². The van der Waals surface area contributed by atoms with Crippen LogP contribution in [0, 0.1) is 6.92 Å². The first kappa shape index (κ1) is 9.79. The van der Waals surface area contributed by atoms with Crippen molar-refractivity contribution in [1.29, 1.82) is 0 Å². The molecule has 2 aromatic heterocycles. The zero-order valence-electron chi connectivity index (χ0n) is 8.59. The Morgan fingerprint density at radius 1 is 1.40 bits per heavy atom. The van der Waals surface area contributed by atoms with E-state index < -0.39 is 0 Å². The lowest BCUT2D eigenvalue weighted by molar-refractivity contribution is 0.669. The molecule has 0 atom stereocenters. The second-order valence-electron chi connectivity index (χ2n) is 3.43. The molecule has 0 aliphatic heterocycles. The van der Waals surface area contributed by atoms with Crippen molar-refractivity contribution in [3.8, 4) is 0 Å². The molecule has 0 aromatic carbocycles. The maximum atomic E-state index is 5.43. The zero-order chi connectivity index (χ0) is 10.7. The summed E-state index contributed by atoms with van der Waals surface area (Å²) in [6.07, 6.45) is 5.34. The van der Waals surface area contributed by atoms with E-state index in [0.717, 1.165) is 11.1 Å². The quantitative estimate of drug-likeness (QED) is 0.788. The minimum Gasteiger partial charge on any atom is -0.324 e. The number of aryl methyl sites for hydroxylation is 1. The van der Waals surface area contributed by atoms with Crippen LogP contribution in [0.25, 0.3) is 0 Å². The molecule has 0 saturated heterocycles. The highest BCUT2D eigenvalue weighted by Gasteiger charge is 2.00. The topological polar surface area (TPSA) is 69.6 Å². The average Bonchev–Trinajstić information content (AvgIpc) is 2.65. The number of hydrogen-bond donors (Lipinski definition) is 1. The molecule has 0 radical (unpaired) electrons. The lowest BCUT2D eigenvalue weighted by atomic mass is 10.2. The Morgan fingerprint density at radius 3 is 2.93 bits per heavy atom. The van der Waals surface area contributed by atoms with E-state index >= 15 is 0 Å². The van der Waals surface area contributed by atoms with Gasteiger partial charge in [0.1, 0.15) is 6.33 Å². The highest BCUT2D eigenvalue weighted by Crippen LogP contribution is 2.03. The third-order valence-electron chi connectivity index (χ3n) is 2.04. The van der Waals surface area contributed by atoms with Crippen molar-refractivity contribution in [2.45, 2.75) is 20.0 Å². The van der Waals surface area contributed by atoms with E-state index in [2.05, 4.69) is 21.1 Å². The Bertz CT molecular complexity index is 449. The van der Waals surface area contributed by atoms with Gasteiger partial charge in [0.15, 0.2) is 5.82 Å². The SMILES string of the molecule is Cc1cncc(Cn2cnc(CN)n2)c1. The summed E-state index contributed by atoms with van der Waals surface area (Å²) >= 11 is 0. The Morgan fingerprint density at radius 2 is 2.27 bits per heavy atom. The maximum absolute atomic E-state index is 5.43. The molecular formula is C10H13N5. The van der Waals surface area contributed by atoms with Crippen LogP contribution >= 0.6 is 0 Å². The van der Waals surface area contributed by atoms with Gasteiger partial charge in [-0.1, -0.05) is 6.07 Å². The predicted molar refractivity (Wildman–Crippen MR) is 56.0 cm³/mol. The van der Waals surface area contributed by atoms with Crippen LogP contribution in [0.15, 0.2) is 24.8 Å². The van der Waals surface area contributed by atoms with E-state index in [1.54, 1.807) is 11.0 Å². The number of aromatic nitrogens is 4. The van der Waals surface area contributed by atoms with Crippen LogP contribution in [0.5, 0.6) is 0 Å². The molecule has 5 nitrogen and oxygen atoms in total. The van der Waals surface area contributed by atoms with E-state index in [-0.39, 0.29) is 0 Å². The van der Waals surface area contributed by atoms with Crippen molar-refractivity contribution >= 4 is 0 Å². The number of rotatable bonds is 3. The molecule has 0 saturated carbocycles. The van der Waals surface area contributed by atoms with Crippen LogP contribution in [-0.2, 0) is 13.1 Å². The number of hydrogen-bond acceptors (Lipinski definition) is 4. The summed E-state index contributed by atoms with van der Waals surface area (Å²) in [6, 6.07) is 2.08. The Kier molecular flexibility index (Phi) is 2.73. The van der Waals surface area contributed by atoms with Crippen molar-refractivity contribution in [2.24, 2.45) is 5.73 Å². The van der Waals surface area contributed by atoms with Crippen LogP contribution in [-0.4, -0.2) is 19.7 Å². The molecule has 0 bridgehead atoms. The molecule has 15 heavy (non-hydrogen) atoms. The lowest BCUT2D eigenvalue weighted by Gasteiger charge is -2.01. The van der Waals surface area contributed by atoms with E-state index in [0.29, 0.717) is 18.9 Å². The summed E-state index contributed by atoms with van der Waals surface area (Å²) < 4.78 is 1.76. The predicted octanol–water partition coefficient (Wildman–Crippen LogP) is 0.489. The van der Waals surface area contributed by atoms with Gasteiger partial charge >= 0.3 is 0 Å². The second-order valence-corrected chi connectivity index (χ2v) is 3.43. The van der Waals surface area contributed by atoms with E-state index in [4.69, 9.17) is 5.73 Å². The fourth-order valence-corrected chi connectivity index (χ4v) is 1.39. The lowest BCUT2D eigenvalue weighted by Crippen LogP contribution is -2.04. The number of pyridine rings is 1. The third kappa shape index (κ3) is 2.38. The van der Waals surface area contributed by atoms with Gasteiger partial charge in [0.2, 0.25) is 0 Å². The van der Waals surface area contributed by atoms with Gasteiger partial charge in [-0.3, -0.25) is 4.98 Å². The van der Waals surface area contributed by atoms with Crippen molar-refractivity contribution in [3.05, 3.63) is 41.7 Å². The summed E-state index contributed by atoms with van der Waals surface area (Å²) in [5.74, 6) is 0.663. The van der Waals surface area contributed by atoms with Gasteiger partial charge in [-0.25, -0.2) is 9.67 Å². The van der Waals surface area contributed by atoms with Crippen LogP contribution in [0.3, 0.4) is 0 Å². The van der Waals surface area contributed by atoms with E-state index in [1.807, 2.05) is 19.3 Å². The minimum absolute atomic E-state index is 0.374. The number of nitrogens with zero attached hydrogens (tertiary/aromatic N) is 4. The van der Waals surface area contributed by atoms with Crippen molar-refractivity contribution in [3.63, 3.8) is 0 Å². The first-order valence-electron chi connectivity index (χ1n) is 4.77. The molecule has 0 spiro atoms. The first-order chi connectivity index (χ1) is 7.28. The third-order valence-corrected chi connectivity index (χ3v) is 2.04. The molecule has 0 unspecified atom stereocenters. The maximum Gasteiger partial charge on any atom is 0.164 e. The number of nitrogens with two attached hydrogens (primary N) is 1. The van der Waals surface area contributed by atoms with Gasteiger partial charge in [-0.05, 0) is 18.1 Å². The summed E-state index contributed by atoms with van der Waals surface area (Å²) in [5.41, 5.74) is 7.69. The largest absolute Gasteiger partial charge is 0.324 e. The molecule has 2 heterocycles. The normalized spacial score (nSPS) is 10.5. The average molecular weight is 203 g/mol. The standard InChI is InChI=1S/C10H13N5/c1-8-2-9(5-12-4-8)6-15-7-13-10(3-11)14-15/h2,4-5,7H,3,6,11H2,1H3. The van der Waals surface area contributed by atoms with Gasteiger partial charge in [-0.2, -0.15) is 5.10 Å². The Labute approximate surface area is 88.0 Å². The molecule has 0 amide bonds. The monoisotopic (exact) mass is 203 g/mol. The van der Waals surface area contributed by atoms with Crippen LogP contribution in [0.1, 0.15) is 17.0 Å². The molecule has 5 heteroatoms. The smallest absolute Gasteiger partial charge is 0.164 e. The van der Waals surface area contributed by atoms with Gasteiger partial charge in [0, 0.05) is 12.4 Å². The van der Waals surface area contributed by atoms with Crippen LogP contribution in [0.4, 0.5) is 0 Å². The molecule has 78 valence electrons. The molecular weight excluding hydrogens is 190 g/mol. The highest BCUT2D eigenvalue weighted by atomic mass is 15.3. The fourth-order valence-electron chi connectivity index (χ4n) is 1.39. The molecule has 0 aliphatic rings. The molecule has 2 aromatic rings. The van der Waals surface area contributed by atoms with Crippen LogP contribution < -0.4 is 5.73 Å². The Hall–Kier alpha value is -1.75. The van der Waals surface area contributed by atoms with Crippen LogP contribution in [0.2, 0.25) is 0 Å². The molecule has 0 fully saturated rings. The van der Waals surface area contributed by atoms with Gasteiger partial charge in [-0.15, -0.1) is 0 Å². The van der Waals surface area contributed by atoms with E-state index in [1.165, 1.54) is 0 Å².